The number of para-hydroxylation sites is 1. The quantitative estimate of drug-likeness (QED) is 0.557. The molecule has 0 saturated carbocycles. The minimum atomic E-state index is -0.206. The molecule has 166 valence electrons. The van der Waals surface area contributed by atoms with Gasteiger partial charge in [0, 0.05) is 36.2 Å². The lowest BCUT2D eigenvalue weighted by molar-refractivity contribution is -0.118. The molecule has 0 aliphatic carbocycles. The maximum atomic E-state index is 12.2. The Morgan fingerprint density at radius 3 is 2.44 bits per heavy atom. The van der Waals surface area contributed by atoms with Crippen molar-refractivity contribution in [2.24, 2.45) is 0 Å². The number of hydrogen-bond acceptors (Lipinski definition) is 6. The summed E-state index contributed by atoms with van der Waals surface area (Å²) in [5.74, 6) is 2.05. The van der Waals surface area contributed by atoms with Crippen molar-refractivity contribution in [3.63, 3.8) is 0 Å². The molecule has 7 heteroatoms. The zero-order valence-electron chi connectivity index (χ0n) is 18.6. The van der Waals surface area contributed by atoms with E-state index in [1.54, 1.807) is 0 Å². The normalized spacial score (nSPS) is 13.5. The molecule has 0 spiro atoms. The molecule has 1 aromatic heterocycles. The number of aromatic nitrogens is 2. The molecular weight excluding hydrogens is 402 g/mol. The van der Waals surface area contributed by atoms with E-state index in [9.17, 15) is 4.79 Å². The van der Waals surface area contributed by atoms with Gasteiger partial charge in [-0.1, -0.05) is 18.2 Å². The van der Waals surface area contributed by atoms with E-state index >= 15 is 0 Å². The Bertz CT molecular complexity index is 1060. The second kappa shape index (κ2) is 10.1. The van der Waals surface area contributed by atoms with Crippen molar-refractivity contribution in [3.8, 4) is 5.75 Å². The zero-order chi connectivity index (χ0) is 22.3. The van der Waals surface area contributed by atoms with Gasteiger partial charge in [0.05, 0.1) is 0 Å². The molecule has 2 aromatic carbocycles. The number of ether oxygens (including phenoxy) is 1. The van der Waals surface area contributed by atoms with Gasteiger partial charge >= 0.3 is 0 Å². The van der Waals surface area contributed by atoms with Crippen LogP contribution in [0.2, 0.25) is 0 Å². The fraction of sp³-hybridized carbons (Fsp3) is 0.320. The van der Waals surface area contributed by atoms with Crippen LogP contribution in [0.1, 0.15) is 30.5 Å². The first-order valence-corrected chi connectivity index (χ1v) is 11.0. The van der Waals surface area contributed by atoms with Crippen molar-refractivity contribution in [1.82, 2.24) is 9.97 Å². The molecule has 2 heterocycles. The monoisotopic (exact) mass is 431 g/mol. The summed E-state index contributed by atoms with van der Waals surface area (Å²) < 4.78 is 5.60. The Morgan fingerprint density at radius 2 is 1.69 bits per heavy atom. The molecule has 0 radical (unpaired) electrons. The number of benzene rings is 2. The van der Waals surface area contributed by atoms with Gasteiger partial charge in [-0.25, -0.2) is 4.98 Å². The van der Waals surface area contributed by atoms with Crippen LogP contribution in [-0.4, -0.2) is 35.6 Å². The summed E-state index contributed by atoms with van der Waals surface area (Å²) >= 11 is 0. The van der Waals surface area contributed by atoms with Crippen LogP contribution in [0.5, 0.6) is 5.75 Å². The molecule has 0 bridgehead atoms. The van der Waals surface area contributed by atoms with Crippen molar-refractivity contribution >= 4 is 29.0 Å². The van der Waals surface area contributed by atoms with Gasteiger partial charge in [0.2, 0.25) is 5.95 Å². The van der Waals surface area contributed by atoms with E-state index in [1.807, 2.05) is 68.4 Å². The molecular formula is C25H29N5O2. The molecule has 1 aliphatic heterocycles. The summed E-state index contributed by atoms with van der Waals surface area (Å²) in [5, 5.41) is 6.13. The SMILES string of the molecule is Cc1cc(N2CCCCC2)nc(Nc2ccc(NC(=O)COc3ccccc3C)cc2)n1. The van der Waals surface area contributed by atoms with Crippen molar-refractivity contribution in [1.29, 1.82) is 0 Å². The average Bonchev–Trinajstić information content (AvgIpc) is 2.80. The molecule has 1 aliphatic rings. The zero-order valence-corrected chi connectivity index (χ0v) is 18.6. The fourth-order valence-corrected chi connectivity index (χ4v) is 3.72. The van der Waals surface area contributed by atoms with E-state index < -0.39 is 0 Å². The number of anilines is 4. The average molecular weight is 432 g/mol. The van der Waals surface area contributed by atoms with Crippen molar-refractivity contribution in [3.05, 3.63) is 65.9 Å². The van der Waals surface area contributed by atoms with E-state index in [0.29, 0.717) is 17.4 Å². The van der Waals surface area contributed by atoms with Crippen molar-refractivity contribution in [2.75, 3.05) is 35.2 Å². The van der Waals surface area contributed by atoms with Crippen LogP contribution >= 0.6 is 0 Å². The van der Waals surface area contributed by atoms with Crippen LogP contribution in [0.4, 0.5) is 23.1 Å². The molecule has 1 fully saturated rings. The first-order valence-electron chi connectivity index (χ1n) is 11.0. The van der Waals surface area contributed by atoms with E-state index in [0.717, 1.165) is 35.9 Å². The van der Waals surface area contributed by atoms with Gasteiger partial charge in [0.25, 0.3) is 5.91 Å². The highest BCUT2D eigenvalue weighted by Crippen LogP contribution is 2.22. The summed E-state index contributed by atoms with van der Waals surface area (Å²) in [4.78, 5) is 23.8. The topological polar surface area (TPSA) is 79.4 Å². The van der Waals surface area contributed by atoms with Gasteiger partial charge < -0.3 is 20.3 Å². The Morgan fingerprint density at radius 1 is 0.969 bits per heavy atom. The van der Waals surface area contributed by atoms with Crippen LogP contribution in [0.15, 0.2) is 54.6 Å². The van der Waals surface area contributed by atoms with E-state index in [1.165, 1.54) is 19.3 Å². The van der Waals surface area contributed by atoms with E-state index in [-0.39, 0.29) is 12.5 Å². The summed E-state index contributed by atoms with van der Waals surface area (Å²) in [7, 11) is 0. The molecule has 7 nitrogen and oxygen atoms in total. The Balaban J connectivity index is 1.34. The first kappa shape index (κ1) is 21.6. The van der Waals surface area contributed by atoms with Crippen molar-refractivity contribution in [2.45, 2.75) is 33.1 Å². The largest absolute Gasteiger partial charge is 0.483 e. The minimum Gasteiger partial charge on any atom is -0.483 e. The number of carbonyl (C=O) groups is 1. The second-order valence-electron chi connectivity index (χ2n) is 8.04. The highest BCUT2D eigenvalue weighted by atomic mass is 16.5. The lowest BCUT2D eigenvalue weighted by atomic mass is 10.1. The Labute approximate surface area is 188 Å². The van der Waals surface area contributed by atoms with Gasteiger partial charge in [-0.05, 0) is 69.0 Å². The van der Waals surface area contributed by atoms with Gasteiger partial charge in [-0.3, -0.25) is 4.79 Å². The summed E-state index contributed by atoms with van der Waals surface area (Å²) in [6.45, 7) is 5.97. The lowest BCUT2D eigenvalue weighted by Crippen LogP contribution is -2.30. The molecule has 3 aromatic rings. The highest BCUT2D eigenvalue weighted by molar-refractivity contribution is 5.92. The number of rotatable bonds is 7. The predicted octanol–water partition coefficient (Wildman–Crippen LogP) is 4.84. The number of carbonyl (C=O) groups excluding carboxylic acids is 1. The summed E-state index contributed by atoms with van der Waals surface area (Å²) in [6, 6.07) is 17.1. The molecule has 1 amide bonds. The van der Waals surface area contributed by atoms with Gasteiger partial charge in [0.15, 0.2) is 6.61 Å². The number of aryl methyl sites for hydroxylation is 2. The Kier molecular flexibility index (Phi) is 6.84. The predicted molar refractivity (Wildman–Crippen MR) is 128 cm³/mol. The van der Waals surface area contributed by atoms with Crippen LogP contribution in [-0.2, 0) is 4.79 Å². The van der Waals surface area contributed by atoms with Crippen molar-refractivity contribution < 1.29 is 9.53 Å². The van der Waals surface area contributed by atoms with Gasteiger partial charge in [-0.2, -0.15) is 4.98 Å². The highest BCUT2D eigenvalue weighted by Gasteiger charge is 2.14. The molecule has 32 heavy (non-hydrogen) atoms. The maximum Gasteiger partial charge on any atom is 0.262 e. The van der Waals surface area contributed by atoms with E-state index in [2.05, 4.69) is 20.5 Å². The molecule has 1 saturated heterocycles. The summed E-state index contributed by atoms with van der Waals surface area (Å²) in [5.41, 5.74) is 3.49. The maximum absolute atomic E-state index is 12.2. The third-order valence-electron chi connectivity index (χ3n) is 5.40. The summed E-state index contributed by atoms with van der Waals surface area (Å²) in [6.07, 6.45) is 3.69. The Hall–Kier alpha value is -3.61. The molecule has 0 atom stereocenters. The standard InChI is InChI=1S/C25H29N5O2/c1-18-8-4-5-9-22(18)32-17-24(31)27-20-10-12-21(13-11-20)28-25-26-19(2)16-23(29-25)30-14-6-3-7-15-30/h4-5,8-13,16H,3,6-7,14-15,17H2,1-2H3,(H,27,31)(H,26,28,29). The third-order valence-corrected chi connectivity index (χ3v) is 5.40. The molecule has 0 unspecified atom stereocenters. The minimum absolute atomic E-state index is 0.0404. The smallest absolute Gasteiger partial charge is 0.262 e. The number of piperidine rings is 1. The number of hydrogen-bond donors (Lipinski definition) is 2. The number of amides is 1. The fourth-order valence-electron chi connectivity index (χ4n) is 3.72. The lowest BCUT2D eigenvalue weighted by Gasteiger charge is -2.28. The van der Waals surface area contributed by atoms with Crippen LogP contribution < -0.4 is 20.3 Å². The van der Waals surface area contributed by atoms with Crippen LogP contribution in [0.25, 0.3) is 0 Å². The molecule has 2 N–H and O–H groups in total. The van der Waals surface area contributed by atoms with E-state index in [4.69, 9.17) is 9.72 Å². The third kappa shape index (κ3) is 5.75. The van der Waals surface area contributed by atoms with Crippen LogP contribution in [0, 0.1) is 13.8 Å². The number of nitrogens with zero attached hydrogens (tertiary/aromatic N) is 3. The second-order valence-corrected chi connectivity index (χ2v) is 8.04. The van der Waals surface area contributed by atoms with Crippen LogP contribution in [0.3, 0.4) is 0 Å². The molecule has 4 rings (SSSR count). The van der Waals surface area contributed by atoms with Gasteiger partial charge in [-0.15, -0.1) is 0 Å². The number of nitrogens with one attached hydrogen (secondary N) is 2. The first-order chi connectivity index (χ1) is 15.6. The van der Waals surface area contributed by atoms with Gasteiger partial charge in [0.1, 0.15) is 11.6 Å².